The van der Waals surface area contributed by atoms with Crippen molar-refractivity contribution in [1.82, 2.24) is 4.90 Å². The molecule has 3 aromatic rings. The predicted octanol–water partition coefficient (Wildman–Crippen LogP) is 5.47. The molecule has 1 aliphatic heterocycles. The molecule has 1 fully saturated rings. The number of carbonyl (C=O) groups is 3. The number of ether oxygens (including phenoxy) is 2. The minimum absolute atomic E-state index is 0.344. The topological polar surface area (TPSA) is 86.0 Å². The van der Waals surface area contributed by atoms with Crippen molar-refractivity contribution in [3.05, 3.63) is 46.4 Å². The van der Waals surface area contributed by atoms with Gasteiger partial charge >= 0.3 is 12.1 Å². The van der Waals surface area contributed by atoms with Gasteiger partial charge in [-0.2, -0.15) is 0 Å². The van der Waals surface area contributed by atoms with Crippen molar-refractivity contribution in [3.8, 4) is 0 Å². The lowest BCUT2D eigenvalue weighted by atomic mass is 10.1. The number of ketones is 1. The van der Waals surface area contributed by atoms with Gasteiger partial charge in [-0.25, -0.2) is 9.59 Å². The van der Waals surface area contributed by atoms with E-state index in [9.17, 15) is 14.4 Å². The number of rotatable bonds is 4. The van der Waals surface area contributed by atoms with Crippen molar-refractivity contribution in [2.45, 2.75) is 45.3 Å². The number of amides is 1. The average molecular weight is 502 g/mol. The third-order valence-corrected chi connectivity index (χ3v) is 5.75. The van der Waals surface area contributed by atoms with Crippen molar-refractivity contribution in [2.24, 2.45) is 0 Å². The second-order valence-electron chi connectivity index (χ2n) is 8.82. The smallest absolute Gasteiger partial charge is 0.411 e. The van der Waals surface area contributed by atoms with Gasteiger partial charge in [-0.15, -0.1) is 0 Å². The van der Waals surface area contributed by atoms with Crippen LogP contribution in [0.15, 0.2) is 45.3 Å². The highest BCUT2D eigenvalue weighted by molar-refractivity contribution is 9.10. The molecule has 1 aromatic heterocycles. The summed E-state index contributed by atoms with van der Waals surface area (Å²) in [6.45, 7) is 5.32. The summed E-state index contributed by atoms with van der Waals surface area (Å²) in [6.07, 6.45) is 0.601. The molecule has 0 saturated carbocycles. The Labute approximate surface area is 193 Å². The van der Waals surface area contributed by atoms with E-state index in [4.69, 9.17) is 13.9 Å². The first kappa shape index (κ1) is 22.3. The van der Waals surface area contributed by atoms with Gasteiger partial charge in [0.25, 0.3) is 0 Å². The standard InChI is InChI=1S/C24H24BrNO6/c1-24(2,3)32-23(29)26-10-4-5-18(26)22(28)30-13-19(27)14-6-8-16-17-9-7-15(25)12-21(17)31-20(16)11-14/h6-9,11-12,18H,4-5,10,13H2,1-3H3/t18-/m0/s1. The lowest BCUT2D eigenvalue weighted by Crippen LogP contribution is -2.44. The van der Waals surface area contributed by atoms with Gasteiger partial charge in [0.15, 0.2) is 12.4 Å². The maximum Gasteiger partial charge on any atom is 0.411 e. The predicted molar refractivity (Wildman–Crippen MR) is 123 cm³/mol. The number of nitrogens with zero attached hydrogens (tertiary/aromatic N) is 1. The molecule has 32 heavy (non-hydrogen) atoms. The second kappa shape index (κ2) is 8.58. The molecule has 8 heteroatoms. The number of furan rings is 1. The summed E-state index contributed by atoms with van der Waals surface area (Å²) in [6, 6.07) is 10.2. The molecule has 0 unspecified atom stereocenters. The van der Waals surface area contributed by atoms with Crippen LogP contribution in [0.3, 0.4) is 0 Å². The van der Waals surface area contributed by atoms with Crippen LogP contribution in [-0.4, -0.2) is 47.5 Å². The van der Waals surface area contributed by atoms with Crippen molar-refractivity contribution in [1.29, 1.82) is 0 Å². The maximum atomic E-state index is 12.6. The minimum Gasteiger partial charge on any atom is -0.456 e. The van der Waals surface area contributed by atoms with Gasteiger partial charge in [-0.1, -0.05) is 22.0 Å². The number of hydrogen-bond donors (Lipinski definition) is 0. The summed E-state index contributed by atoms with van der Waals surface area (Å²) in [7, 11) is 0. The van der Waals surface area contributed by atoms with E-state index in [0.717, 1.165) is 15.2 Å². The number of hydrogen-bond acceptors (Lipinski definition) is 6. The fourth-order valence-corrected chi connectivity index (χ4v) is 4.13. The minimum atomic E-state index is -0.742. The number of carbonyl (C=O) groups excluding carboxylic acids is 3. The molecule has 0 aliphatic carbocycles. The summed E-state index contributed by atoms with van der Waals surface area (Å²) >= 11 is 3.42. The molecule has 0 bridgehead atoms. The molecule has 4 rings (SSSR count). The quantitative estimate of drug-likeness (QED) is 0.347. The van der Waals surface area contributed by atoms with Gasteiger partial charge in [0.2, 0.25) is 0 Å². The van der Waals surface area contributed by atoms with Crippen LogP contribution in [0.5, 0.6) is 0 Å². The fourth-order valence-electron chi connectivity index (χ4n) is 3.79. The number of likely N-dealkylation sites (tertiary alicyclic amines) is 1. The molecule has 1 aliphatic rings. The van der Waals surface area contributed by atoms with E-state index in [0.29, 0.717) is 36.1 Å². The Hall–Kier alpha value is -2.87. The van der Waals surface area contributed by atoms with Crippen molar-refractivity contribution < 1.29 is 28.3 Å². The molecule has 0 spiro atoms. The lowest BCUT2D eigenvalue weighted by Gasteiger charge is -2.27. The van der Waals surface area contributed by atoms with Crippen LogP contribution in [0.1, 0.15) is 44.0 Å². The Morgan fingerprint density at radius 2 is 1.78 bits per heavy atom. The molecule has 2 heterocycles. The molecule has 1 atom stereocenters. The number of halogens is 1. The Balaban J connectivity index is 1.42. The van der Waals surface area contributed by atoms with Crippen LogP contribution < -0.4 is 0 Å². The van der Waals surface area contributed by atoms with Crippen LogP contribution in [0.25, 0.3) is 21.9 Å². The Morgan fingerprint density at radius 1 is 1.09 bits per heavy atom. The van der Waals surface area contributed by atoms with Crippen LogP contribution in [0.4, 0.5) is 4.79 Å². The van der Waals surface area contributed by atoms with E-state index >= 15 is 0 Å². The second-order valence-corrected chi connectivity index (χ2v) is 9.73. The molecular formula is C24H24BrNO6. The lowest BCUT2D eigenvalue weighted by molar-refractivity contribution is -0.147. The highest BCUT2D eigenvalue weighted by Crippen LogP contribution is 2.31. The molecule has 7 nitrogen and oxygen atoms in total. The number of esters is 1. The summed E-state index contributed by atoms with van der Waals surface area (Å²) < 4.78 is 17.4. The fraction of sp³-hybridized carbons (Fsp3) is 0.375. The summed E-state index contributed by atoms with van der Waals surface area (Å²) in [4.78, 5) is 39.0. The maximum absolute atomic E-state index is 12.6. The van der Waals surface area contributed by atoms with E-state index in [1.807, 2.05) is 24.3 Å². The molecular weight excluding hydrogens is 478 g/mol. The first-order valence-electron chi connectivity index (χ1n) is 10.4. The zero-order valence-electron chi connectivity index (χ0n) is 18.1. The summed E-state index contributed by atoms with van der Waals surface area (Å²) in [5, 5.41) is 1.86. The monoisotopic (exact) mass is 501 g/mol. The number of benzene rings is 2. The summed E-state index contributed by atoms with van der Waals surface area (Å²) in [5.74, 6) is -0.944. The molecule has 1 saturated heterocycles. The van der Waals surface area contributed by atoms with Gasteiger partial charge in [-0.05, 0) is 63.9 Å². The van der Waals surface area contributed by atoms with Crippen molar-refractivity contribution >= 4 is 55.7 Å². The third kappa shape index (κ3) is 4.65. The van der Waals surface area contributed by atoms with Crippen LogP contribution in [0, 0.1) is 0 Å². The molecule has 168 valence electrons. The molecule has 0 N–H and O–H groups in total. The van der Waals surface area contributed by atoms with Crippen LogP contribution >= 0.6 is 15.9 Å². The van der Waals surface area contributed by atoms with E-state index < -0.39 is 30.3 Å². The van der Waals surface area contributed by atoms with E-state index in [1.165, 1.54) is 4.90 Å². The SMILES string of the molecule is CC(C)(C)OC(=O)N1CCC[C@H]1C(=O)OCC(=O)c1ccc2c(c1)oc1cc(Br)ccc12. The van der Waals surface area contributed by atoms with E-state index in [1.54, 1.807) is 32.9 Å². The molecule has 0 radical (unpaired) electrons. The Morgan fingerprint density at radius 3 is 2.50 bits per heavy atom. The van der Waals surface area contributed by atoms with Crippen molar-refractivity contribution in [2.75, 3.05) is 13.2 Å². The van der Waals surface area contributed by atoms with E-state index in [-0.39, 0.29) is 5.78 Å². The zero-order chi connectivity index (χ0) is 23.0. The van der Waals surface area contributed by atoms with Gasteiger partial charge in [0.1, 0.15) is 22.8 Å². The highest BCUT2D eigenvalue weighted by atomic mass is 79.9. The van der Waals surface area contributed by atoms with Gasteiger partial charge in [0, 0.05) is 27.4 Å². The Kier molecular flexibility index (Phi) is 5.99. The first-order chi connectivity index (χ1) is 15.1. The summed E-state index contributed by atoms with van der Waals surface area (Å²) in [5.41, 5.74) is 1.03. The van der Waals surface area contributed by atoms with Gasteiger partial charge < -0.3 is 13.9 Å². The van der Waals surface area contributed by atoms with E-state index in [2.05, 4.69) is 15.9 Å². The number of fused-ring (bicyclic) bond motifs is 3. The first-order valence-corrected chi connectivity index (χ1v) is 11.2. The largest absolute Gasteiger partial charge is 0.456 e. The van der Waals surface area contributed by atoms with Gasteiger partial charge in [-0.3, -0.25) is 9.69 Å². The Bertz CT molecular complexity index is 1210. The zero-order valence-corrected chi connectivity index (χ0v) is 19.7. The van der Waals surface area contributed by atoms with Crippen molar-refractivity contribution in [3.63, 3.8) is 0 Å². The average Bonchev–Trinajstić information content (AvgIpc) is 3.34. The van der Waals surface area contributed by atoms with Crippen LogP contribution in [0.2, 0.25) is 0 Å². The molecule has 1 amide bonds. The normalized spacial score (nSPS) is 16.5. The highest BCUT2D eigenvalue weighted by Gasteiger charge is 2.37. The van der Waals surface area contributed by atoms with Gasteiger partial charge in [0.05, 0.1) is 0 Å². The number of Topliss-reactive ketones (excluding diaryl/α,β-unsaturated/α-hetero) is 1. The third-order valence-electron chi connectivity index (χ3n) is 5.26. The molecule has 2 aromatic carbocycles. The van der Waals surface area contributed by atoms with Crippen LogP contribution in [-0.2, 0) is 14.3 Å².